The highest BCUT2D eigenvalue weighted by Gasteiger charge is 2.09. The van der Waals surface area contributed by atoms with Crippen molar-refractivity contribution >= 4 is 15.5 Å². The molecule has 0 aliphatic carbocycles. The van der Waals surface area contributed by atoms with Crippen molar-refractivity contribution in [2.45, 2.75) is 24.4 Å². The largest absolute Gasteiger partial charge is 0.383 e. The number of hydrogen-bond donors (Lipinski definition) is 1. The van der Waals surface area contributed by atoms with Crippen molar-refractivity contribution < 1.29 is 13.2 Å². The minimum Gasteiger partial charge on any atom is -0.383 e. The van der Waals surface area contributed by atoms with Gasteiger partial charge in [-0.3, -0.25) is 0 Å². The fourth-order valence-electron chi connectivity index (χ4n) is 1.38. The lowest BCUT2D eigenvalue weighted by Gasteiger charge is -2.16. The molecule has 1 unspecified atom stereocenters. The third-order valence-corrected chi connectivity index (χ3v) is 3.35. The Labute approximate surface area is 102 Å². The summed E-state index contributed by atoms with van der Waals surface area (Å²) < 4.78 is 27.5. The van der Waals surface area contributed by atoms with Crippen molar-refractivity contribution in [2.75, 3.05) is 25.3 Å². The molecular formula is C11H18N2O3S. The van der Waals surface area contributed by atoms with Gasteiger partial charge in [0, 0.05) is 19.4 Å². The van der Waals surface area contributed by atoms with Crippen LogP contribution in [0, 0.1) is 0 Å². The second-order valence-electron chi connectivity index (χ2n) is 3.86. The molecule has 1 N–H and O–H groups in total. The number of rotatable bonds is 6. The SMILES string of the molecule is CCC(COC)Nc1ccc(S(C)(=O)=O)nc1. The van der Waals surface area contributed by atoms with Crippen LogP contribution in [0.3, 0.4) is 0 Å². The van der Waals surface area contributed by atoms with Crippen molar-refractivity contribution in [2.24, 2.45) is 0 Å². The number of methoxy groups -OCH3 is 1. The van der Waals surface area contributed by atoms with Crippen LogP contribution in [-0.2, 0) is 14.6 Å². The highest BCUT2D eigenvalue weighted by molar-refractivity contribution is 7.90. The van der Waals surface area contributed by atoms with Gasteiger partial charge in [-0.1, -0.05) is 6.92 Å². The summed E-state index contributed by atoms with van der Waals surface area (Å²) in [7, 11) is -1.58. The zero-order valence-corrected chi connectivity index (χ0v) is 11.1. The highest BCUT2D eigenvalue weighted by atomic mass is 32.2. The molecule has 1 rings (SSSR count). The zero-order valence-electron chi connectivity index (χ0n) is 10.3. The summed E-state index contributed by atoms with van der Waals surface area (Å²) in [5.74, 6) is 0. The van der Waals surface area contributed by atoms with Crippen LogP contribution >= 0.6 is 0 Å². The Hall–Kier alpha value is -1.14. The maximum Gasteiger partial charge on any atom is 0.192 e. The first-order valence-corrected chi connectivity index (χ1v) is 7.28. The van der Waals surface area contributed by atoms with E-state index in [4.69, 9.17) is 4.74 Å². The Bertz CT molecular complexity index is 442. The third kappa shape index (κ3) is 4.32. The molecule has 0 aliphatic heterocycles. The number of nitrogens with one attached hydrogen (secondary N) is 1. The molecule has 1 aromatic rings. The number of aromatic nitrogens is 1. The van der Waals surface area contributed by atoms with Crippen LogP contribution in [0.5, 0.6) is 0 Å². The normalized spacial score (nSPS) is 13.4. The monoisotopic (exact) mass is 258 g/mol. The molecule has 0 amide bonds. The van der Waals surface area contributed by atoms with Crippen LogP contribution in [0.25, 0.3) is 0 Å². The Morgan fingerprint density at radius 2 is 2.18 bits per heavy atom. The third-order valence-electron chi connectivity index (χ3n) is 2.35. The maximum absolute atomic E-state index is 11.2. The Morgan fingerprint density at radius 1 is 1.47 bits per heavy atom. The summed E-state index contributed by atoms with van der Waals surface area (Å²) in [5, 5.41) is 3.31. The van der Waals surface area contributed by atoms with Gasteiger partial charge in [0.2, 0.25) is 0 Å². The van der Waals surface area contributed by atoms with Gasteiger partial charge in [-0.05, 0) is 18.6 Å². The van der Waals surface area contributed by atoms with Gasteiger partial charge in [-0.25, -0.2) is 13.4 Å². The first kappa shape index (κ1) is 13.9. The first-order valence-electron chi connectivity index (χ1n) is 5.39. The van der Waals surface area contributed by atoms with E-state index in [2.05, 4.69) is 17.2 Å². The molecule has 17 heavy (non-hydrogen) atoms. The Kier molecular flexibility index (Phi) is 4.89. The highest BCUT2D eigenvalue weighted by Crippen LogP contribution is 2.12. The van der Waals surface area contributed by atoms with E-state index < -0.39 is 9.84 Å². The number of hydrogen-bond acceptors (Lipinski definition) is 5. The maximum atomic E-state index is 11.2. The second kappa shape index (κ2) is 5.97. The van der Waals surface area contributed by atoms with Crippen molar-refractivity contribution in [3.05, 3.63) is 18.3 Å². The van der Waals surface area contributed by atoms with E-state index in [9.17, 15) is 8.42 Å². The van der Waals surface area contributed by atoms with Gasteiger partial charge in [0.15, 0.2) is 14.9 Å². The average molecular weight is 258 g/mol. The molecule has 1 atom stereocenters. The van der Waals surface area contributed by atoms with Crippen LogP contribution in [0.2, 0.25) is 0 Å². The molecule has 96 valence electrons. The van der Waals surface area contributed by atoms with E-state index in [-0.39, 0.29) is 11.1 Å². The van der Waals surface area contributed by atoms with Crippen LogP contribution in [0.4, 0.5) is 5.69 Å². The van der Waals surface area contributed by atoms with E-state index in [0.29, 0.717) is 6.61 Å². The molecule has 0 radical (unpaired) electrons. The first-order chi connectivity index (χ1) is 7.97. The Balaban J connectivity index is 2.74. The lowest BCUT2D eigenvalue weighted by Crippen LogP contribution is -2.23. The molecule has 6 heteroatoms. The molecule has 0 saturated carbocycles. The number of nitrogens with zero attached hydrogens (tertiary/aromatic N) is 1. The number of pyridine rings is 1. The summed E-state index contributed by atoms with van der Waals surface area (Å²) in [6.07, 6.45) is 3.58. The van der Waals surface area contributed by atoms with Gasteiger partial charge in [-0.15, -0.1) is 0 Å². The van der Waals surface area contributed by atoms with Gasteiger partial charge in [0.25, 0.3) is 0 Å². The van der Waals surface area contributed by atoms with Gasteiger partial charge in [0.1, 0.15) is 0 Å². The summed E-state index contributed by atoms with van der Waals surface area (Å²) in [5.41, 5.74) is 0.793. The van der Waals surface area contributed by atoms with E-state index in [1.54, 1.807) is 13.2 Å². The lowest BCUT2D eigenvalue weighted by atomic mass is 10.2. The van der Waals surface area contributed by atoms with Crippen molar-refractivity contribution in [1.29, 1.82) is 0 Å². The van der Waals surface area contributed by atoms with Gasteiger partial charge < -0.3 is 10.1 Å². The topological polar surface area (TPSA) is 68.3 Å². The molecule has 1 heterocycles. The van der Waals surface area contributed by atoms with Crippen molar-refractivity contribution in [3.63, 3.8) is 0 Å². The standard InChI is InChI=1S/C11H18N2O3S/c1-4-9(8-16-2)13-10-5-6-11(12-7-10)17(3,14)15/h5-7,9,13H,4,8H2,1-3H3. The predicted molar refractivity (Wildman–Crippen MR) is 66.9 cm³/mol. The molecule has 1 aromatic heterocycles. The minimum atomic E-state index is -3.23. The molecule has 0 aromatic carbocycles. The van der Waals surface area contributed by atoms with E-state index in [0.717, 1.165) is 18.4 Å². The average Bonchev–Trinajstić information content (AvgIpc) is 2.28. The number of ether oxygens (including phenoxy) is 1. The number of anilines is 1. The van der Waals surface area contributed by atoms with Crippen LogP contribution in [-0.4, -0.2) is 39.4 Å². The summed E-state index contributed by atoms with van der Waals surface area (Å²) in [4.78, 5) is 3.91. The zero-order chi connectivity index (χ0) is 12.9. The fourth-order valence-corrected chi connectivity index (χ4v) is 1.94. The molecule has 0 bridgehead atoms. The fraction of sp³-hybridized carbons (Fsp3) is 0.545. The van der Waals surface area contributed by atoms with Gasteiger partial charge in [-0.2, -0.15) is 0 Å². The van der Waals surface area contributed by atoms with E-state index in [1.165, 1.54) is 12.3 Å². The molecule has 0 saturated heterocycles. The van der Waals surface area contributed by atoms with Crippen LogP contribution in [0.15, 0.2) is 23.4 Å². The minimum absolute atomic E-state index is 0.0860. The Morgan fingerprint density at radius 3 is 2.59 bits per heavy atom. The summed E-state index contributed by atoms with van der Waals surface area (Å²) in [6, 6.07) is 3.41. The lowest BCUT2D eigenvalue weighted by molar-refractivity contribution is 0.184. The quantitative estimate of drug-likeness (QED) is 0.833. The van der Waals surface area contributed by atoms with Gasteiger partial charge in [0.05, 0.1) is 18.5 Å². The number of sulfone groups is 1. The molecule has 0 spiro atoms. The molecule has 0 fully saturated rings. The summed E-state index contributed by atoms with van der Waals surface area (Å²) in [6.45, 7) is 2.65. The smallest absolute Gasteiger partial charge is 0.192 e. The molecule has 5 nitrogen and oxygen atoms in total. The summed E-state index contributed by atoms with van der Waals surface area (Å²) >= 11 is 0. The van der Waals surface area contributed by atoms with Crippen LogP contribution < -0.4 is 5.32 Å². The molecule has 0 aliphatic rings. The van der Waals surface area contributed by atoms with Crippen molar-refractivity contribution in [3.8, 4) is 0 Å². The second-order valence-corrected chi connectivity index (χ2v) is 5.82. The molecular weight excluding hydrogens is 240 g/mol. The van der Waals surface area contributed by atoms with E-state index in [1.807, 2.05) is 0 Å². The predicted octanol–water partition coefficient (Wildman–Crippen LogP) is 1.32. The van der Waals surface area contributed by atoms with Crippen molar-refractivity contribution in [1.82, 2.24) is 4.98 Å². The van der Waals surface area contributed by atoms with Crippen LogP contribution in [0.1, 0.15) is 13.3 Å². The van der Waals surface area contributed by atoms with Gasteiger partial charge >= 0.3 is 0 Å². The van der Waals surface area contributed by atoms with E-state index >= 15 is 0 Å².